The fourth-order valence-corrected chi connectivity index (χ4v) is 0.763. The van der Waals surface area contributed by atoms with Crippen LogP contribution in [0.25, 0.3) is 0 Å². The molecule has 1 aromatic rings. The molecule has 1 rings (SSSR count). The Morgan fingerprint density at radius 3 is 2.58 bits per heavy atom. The van der Waals surface area contributed by atoms with Gasteiger partial charge in [-0.2, -0.15) is 0 Å². The molecule has 1 aromatic carbocycles. The van der Waals surface area contributed by atoms with Crippen LogP contribution < -0.4 is 0 Å². The number of carbonyl (C=O) groups excluding carboxylic acids is 2. The smallest absolute Gasteiger partial charge is 0.371 e. The average Bonchev–Trinajstić information content (AvgIpc) is 2.16. The van der Waals surface area contributed by atoms with Crippen molar-refractivity contribution in [3.8, 4) is 0 Å². The molecule has 0 saturated heterocycles. The maximum Gasteiger partial charge on any atom is 0.371 e. The lowest BCUT2D eigenvalue weighted by molar-refractivity contribution is -0.149. The maximum atomic E-state index is 10.4. The van der Waals surface area contributed by atoms with Gasteiger partial charge in [-0.1, -0.05) is 30.3 Å². The molecule has 0 bridgehead atoms. The van der Waals surface area contributed by atoms with E-state index in [-0.39, 0.29) is 12.9 Å². The highest BCUT2D eigenvalue weighted by molar-refractivity contribution is 6.20. The molecule has 0 spiro atoms. The van der Waals surface area contributed by atoms with Gasteiger partial charge < -0.3 is 4.74 Å². The number of ether oxygens (including phenoxy) is 1. The summed E-state index contributed by atoms with van der Waals surface area (Å²) < 4.78 is 4.57. The van der Waals surface area contributed by atoms with Crippen molar-refractivity contribution < 1.29 is 14.3 Å². The lowest BCUT2D eigenvalue weighted by Crippen LogP contribution is -2.04. The molecule has 62 valence electrons. The van der Waals surface area contributed by atoms with E-state index in [4.69, 9.17) is 0 Å². The van der Waals surface area contributed by atoms with Gasteiger partial charge in [-0.15, -0.1) is 0 Å². The fourth-order valence-electron chi connectivity index (χ4n) is 0.763. The van der Waals surface area contributed by atoms with E-state index < -0.39 is 5.97 Å². The predicted molar refractivity (Wildman–Crippen MR) is 42.3 cm³/mol. The van der Waals surface area contributed by atoms with Gasteiger partial charge in [-0.05, 0) is 5.56 Å². The summed E-state index contributed by atoms with van der Waals surface area (Å²) in [6.45, 7) is 0.151. The van der Waals surface area contributed by atoms with Crippen LogP contribution in [-0.2, 0) is 20.9 Å². The third-order valence-corrected chi connectivity index (χ3v) is 1.32. The van der Waals surface area contributed by atoms with E-state index in [2.05, 4.69) is 4.74 Å². The van der Waals surface area contributed by atoms with E-state index in [1.807, 2.05) is 30.3 Å². The number of carbonyl (C=O) groups is 2. The van der Waals surface area contributed by atoms with E-state index in [1.165, 1.54) is 0 Å². The van der Waals surface area contributed by atoms with E-state index in [1.54, 1.807) is 0 Å². The van der Waals surface area contributed by atoms with Gasteiger partial charge in [0.25, 0.3) is 0 Å². The van der Waals surface area contributed by atoms with Crippen LogP contribution in [0.5, 0.6) is 0 Å². The fraction of sp³-hybridized carbons (Fsp3) is 0.111. The molecule has 3 nitrogen and oxygen atoms in total. The minimum Gasteiger partial charge on any atom is -0.455 e. The highest BCUT2D eigenvalue weighted by atomic mass is 16.5. The second kappa shape index (κ2) is 4.28. The van der Waals surface area contributed by atoms with Crippen LogP contribution in [0.2, 0.25) is 0 Å². The third-order valence-electron chi connectivity index (χ3n) is 1.32. The van der Waals surface area contributed by atoms with Crippen molar-refractivity contribution in [2.45, 2.75) is 6.61 Å². The highest BCUT2D eigenvalue weighted by Crippen LogP contribution is 1.99. The summed E-state index contributed by atoms with van der Waals surface area (Å²) in [7, 11) is 0. The van der Waals surface area contributed by atoms with Crippen molar-refractivity contribution >= 4 is 12.3 Å². The first-order chi connectivity index (χ1) is 5.83. The molecule has 0 saturated carbocycles. The Hall–Kier alpha value is -1.64. The summed E-state index contributed by atoms with van der Waals surface area (Å²) >= 11 is 0. The van der Waals surface area contributed by atoms with E-state index in [9.17, 15) is 9.59 Å². The molecule has 3 heteroatoms. The van der Waals surface area contributed by atoms with Gasteiger partial charge in [0, 0.05) is 0 Å². The summed E-state index contributed by atoms with van der Waals surface area (Å²) in [4.78, 5) is 20.2. The number of hydrogen-bond donors (Lipinski definition) is 0. The Morgan fingerprint density at radius 1 is 1.33 bits per heavy atom. The van der Waals surface area contributed by atoms with Crippen LogP contribution >= 0.6 is 0 Å². The highest BCUT2D eigenvalue weighted by Gasteiger charge is 1.98. The van der Waals surface area contributed by atoms with Crippen molar-refractivity contribution in [2.24, 2.45) is 0 Å². The van der Waals surface area contributed by atoms with Crippen LogP contribution in [0.3, 0.4) is 0 Å². The van der Waals surface area contributed by atoms with E-state index >= 15 is 0 Å². The normalized spacial score (nSPS) is 9.00. The number of benzene rings is 1. The standard InChI is InChI=1S/C9H8O3/c10-6-9(11)12-7-8-4-2-1-3-5-8/h1-6H,7H2. The van der Waals surface area contributed by atoms with Gasteiger partial charge in [0.1, 0.15) is 6.61 Å². The first-order valence-electron chi connectivity index (χ1n) is 3.49. The molecule has 0 heterocycles. The molecule has 0 fully saturated rings. The predicted octanol–water partition coefficient (Wildman–Crippen LogP) is 0.929. The largest absolute Gasteiger partial charge is 0.455 e. The molecule has 0 aliphatic heterocycles. The summed E-state index contributed by atoms with van der Waals surface area (Å²) in [5.41, 5.74) is 0.868. The lowest BCUT2D eigenvalue weighted by atomic mass is 10.2. The van der Waals surface area contributed by atoms with Gasteiger partial charge >= 0.3 is 5.97 Å². The summed E-state index contributed by atoms with van der Waals surface area (Å²) in [6.07, 6.45) is 0.156. The Balaban J connectivity index is 2.43. The van der Waals surface area contributed by atoms with Crippen LogP contribution in [-0.4, -0.2) is 12.3 Å². The van der Waals surface area contributed by atoms with Crippen molar-refractivity contribution in [3.63, 3.8) is 0 Å². The van der Waals surface area contributed by atoms with Crippen LogP contribution in [0.4, 0.5) is 0 Å². The van der Waals surface area contributed by atoms with Crippen molar-refractivity contribution in [3.05, 3.63) is 35.9 Å². The van der Waals surface area contributed by atoms with Crippen molar-refractivity contribution in [2.75, 3.05) is 0 Å². The molecule has 0 aliphatic carbocycles. The van der Waals surface area contributed by atoms with Crippen LogP contribution in [0.1, 0.15) is 5.56 Å². The molecule has 0 unspecified atom stereocenters. The molecule has 12 heavy (non-hydrogen) atoms. The molecular formula is C9H8O3. The molecule has 0 aromatic heterocycles. The second-order valence-electron chi connectivity index (χ2n) is 2.21. The van der Waals surface area contributed by atoms with Gasteiger partial charge in [-0.25, -0.2) is 4.79 Å². The van der Waals surface area contributed by atoms with Crippen molar-refractivity contribution in [1.29, 1.82) is 0 Å². The van der Waals surface area contributed by atoms with E-state index in [0.29, 0.717) is 0 Å². The molecule has 0 N–H and O–H groups in total. The monoisotopic (exact) mass is 164 g/mol. The second-order valence-corrected chi connectivity index (χ2v) is 2.21. The molecule has 0 atom stereocenters. The first-order valence-corrected chi connectivity index (χ1v) is 3.49. The molecule has 0 aliphatic rings. The van der Waals surface area contributed by atoms with E-state index in [0.717, 1.165) is 5.56 Å². The Bertz CT molecular complexity index is 266. The zero-order valence-corrected chi connectivity index (χ0v) is 6.40. The summed E-state index contributed by atoms with van der Waals surface area (Å²) in [6, 6.07) is 9.18. The SMILES string of the molecule is O=CC(=O)OCc1ccccc1. The minimum atomic E-state index is -0.834. The molecular weight excluding hydrogens is 156 g/mol. The van der Waals surface area contributed by atoms with Gasteiger partial charge in [0.15, 0.2) is 0 Å². The molecule has 0 radical (unpaired) electrons. The van der Waals surface area contributed by atoms with Crippen LogP contribution in [0.15, 0.2) is 30.3 Å². The Kier molecular flexibility index (Phi) is 3.02. The maximum absolute atomic E-state index is 10.4. The zero-order chi connectivity index (χ0) is 8.81. The quantitative estimate of drug-likeness (QED) is 0.379. The number of hydrogen-bond acceptors (Lipinski definition) is 3. The molecule has 0 amide bonds. The summed E-state index contributed by atoms with van der Waals surface area (Å²) in [5.74, 6) is -0.834. The topological polar surface area (TPSA) is 43.4 Å². The van der Waals surface area contributed by atoms with Crippen LogP contribution in [0, 0.1) is 0 Å². The Labute approximate surface area is 70.0 Å². The third kappa shape index (κ3) is 2.54. The van der Waals surface area contributed by atoms with Gasteiger partial charge in [0.05, 0.1) is 0 Å². The number of esters is 1. The Morgan fingerprint density at radius 2 is 2.00 bits per heavy atom. The van der Waals surface area contributed by atoms with Gasteiger partial charge in [0.2, 0.25) is 6.29 Å². The van der Waals surface area contributed by atoms with Crippen molar-refractivity contribution in [1.82, 2.24) is 0 Å². The zero-order valence-electron chi connectivity index (χ0n) is 6.40. The average molecular weight is 164 g/mol. The first kappa shape index (κ1) is 8.46. The summed E-state index contributed by atoms with van der Waals surface area (Å²) in [5, 5.41) is 0. The lowest BCUT2D eigenvalue weighted by Gasteiger charge is -1.99. The van der Waals surface area contributed by atoms with Gasteiger partial charge in [-0.3, -0.25) is 4.79 Å². The minimum absolute atomic E-state index is 0.151. The number of aldehydes is 1. The number of rotatable bonds is 3.